The molecule has 1 aliphatic rings. The number of nitrogens with zero attached hydrogens (tertiary/aromatic N) is 1. The first-order valence-electron chi connectivity index (χ1n) is 6.75. The average molecular weight is 290 g/mol. The van der Waals surface area contributed by atoms with Gasteiger partial charge in [0.15, 0.2) is 0 Å². The van der Waals surface area contributed by atoms with Gasteiger partial charge >= 0.3 is 0 Å². The lowest BCUT2D eigenvalue weighted by atomic mass is 10.1. The molecule has 0 bridgehead atoms. The Morgan fingerprint density at radius 1 is 1.48 bits per heavy atom. The van der Waals surface area contributed by atoms with Crippen LogP contribution in [0.1, 0.15) is 16.8 Å². The first-order valence-corrected chi connectivity index (χ1v) is 6.75. The quantitative estimate of drug-likeness (QED) is 0.431. The standard InChI is InChI=1S/C14H18N4O3/c1-15-14(19)11-2-3-12(13(8-11)18(20)21)17-9-10-4-6-16-7-5-10/h2-4,8,16-17H,5-7,9H2,1H3,(H,15,19). The second-order valence-electron chi connectivity index (χ2n) is 4.74. The highest BCUT2D eigenvalue weighted by molar-refractivity contribution is 5.95. The SMILES string of the molecule is CNC(=O)c1ccc(NCC2=CCNCC2)c([N+](=O)[O-])c1. The molecule has 1 amide bonds. The van der Waals surface area contributed by atoms with Crippen molar-refractivity contribution in [3.8, 4) is 0 Å². The van der Waals surface area contributed by atoms with E-state index in [0.717, 1.165) is 19.5 Å². The van der Waals surface area contributed by atoms with Crippen molar-refractivity contribution in [3.05, 3.63) is 45.5 Å². The third-order valence-corrected chi connectivity index (χ3v) is 3.35. The van der Waals surface area contributed by atoms with Crippen molar-refractivity contribution in [2.45, 2.75) is 6.42 Å². The van der Waals surface area contributed by atoms with E-state index >= 15 is 0 Å². The van der Waals surface area contributed by atoms with Crippen molar-refractivity contribution in [1.29, 1.82) is 0 Å². The monoisotopic (exact) mass is 290 g/mol. The van der Waals surface area contributed by atoms with Gasteiger partial charge in [0.05, 0.1) is 4.92 Å². The fourth-order valence-corrected chi connectivity index (χ4v) is 2.16. The van der Waals surface area contributed by atoms with Crippen LogP contribution in [0.25, 0.3) is 0 Å². The lowest BCUT2D eigenvalue weighted by Gasteiger charge is -2.15. The lowest BCUT2D eigenvalue weighted by molar-refractivity contribution is -0.384. The summed E-state index contributed by atoms with van der Waals surface area (Å²) in [4.78, 5) is 22.2. The molecule has 1 aromatic carbocycles. The highest BCUT2D eigenvalue weighted by Gasteiger charge is 2.17. The number of hydrogen-bond donors (Lipinski definition) is 3. The number of benzene rings is 1. The number of carbonyl (C=O) groups excluding carboxylic acids is 1. The summed E-state index contributed by atoms with van der Waals surface area (Å²) >= 11 is 0. The third-order valence-electron chi connectivity index (χ3n) is 3.35. The second-order valence-corrected chi connectivity index (χ2v) is 4.74. The van der Waals surface area contributed by atoms with Crippen molar-refractivity contribution in [2.24, 2.45) is 0 Å². The zero-order valence-electron chi connectivity index (χ0n) is 11.8. The molecule has 0 aliphatic carbocycles. The summed E-state index contributed by atoms with van der Waals surface area (Å²) in [5.74, 6) is -0.342. The molecule has 2 rings (SSSR count). The zero-order valence-corrected chi connectivity index (χ0v) is 11.8. The van der Waals surface area contributed by atoms with Crippen LogP contribution >= 0.6 is 0 Å². The van der Waals surface area contributed by atoms with Crippen LogP contribution in [0.15, 0.2) is 29.8 Å². The number of nitrogens with one attached hydrogen (secondary N) is 3. The molecular weight excluding hydrogens is 272 g/mol. The highest BCUT2D eigenvalue weighted by atomic mass is 16.6. The van der Waals surface area contributed by atoms with Crippen LogP contribution in [-0.4, -0.2) is 37.5 Å². The Kier molecular flexibility index (Phi) is 4.89. The van der Waals surface area contributed by atoms with E-state index in [1.54, 1.807) is 12.1 Å². The normalized spacial score (nSPS) is 14.2. The van der Waals surface area contributed by atoms with Crippen molar-refractivity contribution < 1.29 is 9.72 Å². The maximum absolute atomic E-state index is 11.5. The lowest BCUT2D eigenvalue weighted by Crippen LogP contribution is -2.23. The van der Waals surface area contributed by atoms with Crippen LogP contribution < -0.4 is 16.0 Å². The van der Waals surface area contributed by atoms with Gasteiger partial charge < -0.3 is 16.0 Å². The molecule has 0 spiro atoms. The van der Waals surface area contributed by atoms with Gasteiger partial charge in [-0.15, -0.1) is 0 Å². The Morgan fingerprint density at radius 2 is 2.29 bits per heavy atom. The molecule has 1 heterocycles. The van der Waals surface area contributed by atoms with E-state index in [1.807, 2.05) is 0 Å². The molecule has 1 aromatic rings. The van der Waals surface area contributed by atoms with Crippen LogP contribution in [0.2, 0.25) is 0 Å². The van der Waals surface area contributed by atoms with E-state index in [2.05, 4.69) is 22.0 Å². The Balaban J connectivity index is 2.16. The summed E-state index contributed by atoms with van der Waals surface area (Å²) in [6, 6.07) is 4.44. The third kappa shape index (κ3) is 3.79. The van der Waals surface area contributed by atoms with Crippen molar-refractivity contribution in [3.63, 3.8) is 0 Å². The van der Waals surface area contributed by atoms with Gasteiger partial charge in [-0.05, 0) is 25.1 Å². The van der Waals surface area contributed by atoms with Crippen LogP contribution in [0.5, 0.6) is 0 Å². The van der Waals surface area contributed by atoms with E-state index in [-0.39, 0.29) is 17.2 Å². The van der Waals surface area contributed by atoms with E-state index in [0.29, 0.717) is 12.2 Å². The van der Waals surface area contributed by atoms with Gasteiger partial charge in [-0.1, -0.05) is 11.6 Å². The maximum Gasteiger partial charge on any atom is 0.293 e. The second kappa shape index (κ2) is 6.85. The molecule has 0 radical (unpaired) electrons. The molecular formula is C14H18N4O3. The topological polar surface area (TPSA) is 96.3 Å². The van der Waals surface area contributed by atoms with Crippen LogP contribution in [-0.2, 0) is 0 Å². The number of nitro groups is 1. The van der Waals surface area contributed by atoms with Crippen molar-refractivity contribution in [1.82, 2.24) is 10.6 Å². The summed E-state index contributed by atoms with van der Waals surface area (Å²) in [6.07, 6.45) is 3.01. The van der Waals surface area contributed by atoms with Crippen LogP contribution in [0, 0.1) is 10.1 Å². The molecule has 0 unspecified atom stereocenters. The average Bonchev–Trinajstić information content (AvgIpc) is 2.52. The molecule has 0 saturated carbocycles. The molecule has 112 valence electrons. The Hall–Kier alpha value is -2.41. The van der Waals surface area contributed by atoms with Gasteiger partial charge in [-0.3, -0.25) is 14.9 Å². The van der Waals surface area contributed by atoms with Crippen molar-refractivity contribution in [2.75, 3.05) is 32.0 Å². The summed E-state index contributed by atoms with van der Waals surface area (Å²) in [6.45, 7) is 2.32. The first kappa shape index (κ1) is 15.0. The van der Waals surface area contributed by atoms with Crippen molar-refractivity contribution >= 4 is 17.3 Å². The molecule has 1 aliphatic heterocycles. The predicted molar refractivity (Wildman–Crippen MR) is 80.5 cm³/mol. The van der Waals surface area contributed by atoms with Gasteiger partial charge in [0.2, 0.25) is 0 Å². The van der Waals surface area contributed by atoms with E-state index in [4.69, 9.17) is 0 Å². The number of rotatable bonds is 5. The summed E-state index contributed by atoms with van der Waals surface area (Å²) < 4.78 is 0. The first-order chi connectivity index (χ1) is 10.1. The number of hydrogen-bond acceptors (Lipinski definition) is 5. The summed E-state index contributed by atoms with van der Waals surface area (Å²) in [5.41, 5.74) is 1.83. The van der Waals surface area contributed by atoms with Gasteiger partial charge in [0.25, 0.3) is 11.6 Å². The van der Waals surface area contributed by atoms with Crippen LogP contribution in [0.3, 0.4) is 0 Å². The molecule has 21 heavy (non-hydrogen) atoms. The highest BCUT2D eigenvalue weighted by Crippen LogP contribution is 2.26. The number of carbonyl (C=O) groups is 1. The zero-order chi connectivity index (χ0) is 15.2. The Labute approximate surface area is 122 Å². The van der Waals surface area contributed by atoms with Gasteiger partial charge in [0.1, 0.15) is 5.69 Å². The minimum atomic E-state index is -0.481. The molecule has 7 heteroatoms. The van der Waals surface area contributed by atoms with E-state index in [1.165, 1.54) is 18.7 Å². The molecule has 3 N–H and O–H groups in total. The smallest absolute Gasteiger partial charge is 0.293 e. The van der Waals surface area contributed by atoms with Gasteiger partial charge in [-0.25, -0.2) is 0 Å². The number of nitro benzene ring substituents is 1. The molecule has 0 saturated heterocycles. The molecule has 0 fully saturated rings. The summed E-state index contributed by atoms with van der Waals surface area (Å²) in [5, 5.41) is 19.9. The molecule has 7 nitrogen and oxygen atoms in total. The van der Waals surface area contributed by atoms with Gasteiger partial charge in [0, 0.05) is 31.8 Å². The minimum absolute atomic E-state index is 0.0920. The Bertz CT molecular complexity index is 584. The largest absolute Gasteiger partial charge is 0.376 e. The maximum atomic E-state index is 11.5. The van der Waals surface area contributed by atoms with E-state index < -0.39 is 4.92 Å². The predicted octanol–water partition coefficient (Wildman–Crippen LogP) is 1.29. The Morgan fingerprint density at radius 3 is 2.90 bits per heavy atom. The van der Waals surface area contributed by atoms with Crippen LogP contribution in [0.4, 0.5) is 11.4 Å². The van der Waals surface area contributed by atoms with Gasteiger partial charge in [-0.2, -0.15) is 0 Å². The fraction of sp³-hybridized carbons (Fsp3) is 0.357. The minimum Gasteiger partial charge on any atom is -0.376 e. The fourth-order valence-electron chi connectivity index (χ4n) is 2.16. The molecule has 0 aromatic heterocycles. The number of anilines is 1. The van der Waals surface area contributed by atoms with E-state index in [9.17, 15) is 14.9 Å². The summed E-state index contributed by atoms with van der Waals surface area (Å²) in [7, 11) is 1.49. The molecule has 0 atom stereocenters. The number of amides is 1.